The van der Waals surface area contributed by atoms with Crippen LogP contribution in [0.15, 0.2) is 91.0 Å². The fourth-order valence-electron chi connectivity index (χ4n) is 3.62. The van der Waals surface area contributed by atoms with Gasteiger partial charge in [0, 0.05) is 0 Å². The van der Waals surface area contributed by atoms with E-state index in [9.17, 15) is 0 Å². The molecule has 0 N–H and O–H groups in total. The molecule has 4 rings (SSSR count). The maximum atomic E-state index is 6.12. The second kappa shape index (κ2) is 8.25. The molecule has 0 aromatic heterocycles. The van der Waals surface area contributed by atoms with E-state index >= 15 is 0 Å². The molecule has 25 heavy (non-hydrogen) atoms. The summed E-state index contributed by atoms with van der Waals surface area (Å²) >= 11 is 0. The molecule has 0 atom stereocenters. The molecule has 0 amide bonds. The van der Waals surface area contributed by atoms with E-state index in [0.717, 1.165) is 0 Å². The van der Waals surface area contributed by atoms with Gasteiger partial charge in [-0.05, 0) is 0 Å². The molecule has 0 unspecified atom stereocenters. The van der Waals surface area contributed by atoms with Crippen LogP contribution in [0, 0.1) is 0 Å². The third kappa shape index (κ3) is 3.30. The van der Waals surface area contributed by atoms with E-state index < -0.39 is 7.26 Å². The number of hydrogen-bond acceptors (Lipinski definition) is 2. The molecule has 0 bridgehead atoms. The Kier molecular flexibility index (Phi) is 6.03. The van der Waals surface area contributed by atoms with Gasteiger partial charge in [0.2, 0.25) is 0 Å². The Morgan fingerprint density at radius 1 is 0.560 bits per heavy atom. The summed E-state index contributed by atoms with van der Waals surface area (Å²) in [5, 5.41) is 3.94. The summed E-state index contributed by atoms with van der Waals surface area (Å²) in [7, 11) is -2.44. The van der Waals surface area contributed by atoms with Crippen molar-refractivity contribution >= 4 is 40.2 Å². The van der Waals surface area contributed by atoms with Crippen molar-refractivity contribution in [1.82, 2.24) is 0 Å². The Morgan fingerprint density at radius 2 is 0.880 bits per heavy atom. The van der Waals surface area contributed by atoms with Crippen LogP contribution in [-0.2, 0) is 9.47 Å². The van der Waals surface area contributed by atoms with Gasteiger partial charge in [-0.1, -0.05) is 0 Å². The zero-order chi connectivity index (χ0) is 16.2. The van der Waals surface area contributed by atoms with E-state index in [1.54, 1.807) is 0 Å². The maximum absolute atomic E-state index is 6.12. The second-order valence-electron chi connectivity index (χ2n) is 5.98. The molecule has 1 saturated heterocycles. The monoisotopic (exact) mass is 416 g/mol. The van der Waals surface area contributed by atoms with Crippen LogP contribution in [0.5, 0.6) is 0 Å². The van der Waals surface area contributed by atoms with Crippen molar-refractivity contribution in [3.05, 3.63) is 91.0 Å². The quantitative estimate of drug-likeness (QED) is 0.604. The first-order valence-corrected chi connectivity index (χ1v) is 10.4. The van der Waals surface area contributed by atoms with Crippen molar-refractivity contribution in [1.29, 1.82) is 0 Å². The summed E-state index contributed by atoms with van der Waals surface area (Å²) in [6.45, 7) is 1.32. The SMILES string of the molecule is Br.c1ccc([PH](c2ccccc2)(c2ccccc2)C2OCCO2)cc1. The first kappa shape index (κ1) is 18.3. The van der Waals surface area contributed by atoms with Crippen LogP contribution in [0.1, 0.15) is 0 Å². The number of halogens is 1. The van der Waals surface area contributed by atoms with E-state index in [1.165, 1.54) is 15.9 Å². The summed E-state index contributed by atoms with van der Waals surface area (Å²) in [4.78, 5) is 0. The van der Waals surface area contributed by atoms with Crippen LogP contribution >= 0.6 is 24.2 Å². The van der Waals surface area contributed by atoms with Crippen molar-refractivity contribution in [3.63, 3.8) is 0 Å². The summed E-state index contributed by atoms with van der Waals surface area (Å²) in [6.07, 6.45) is 0. The van der Waals surface area contributed by atoms with Gasteiger partial charge in [0.05, 0.1) is 0 Å². The predicted octanol–water partition coefficient (Wildman–Crippen LogP) is 3.62. The number of hydrogen-bond donors (Lipinski definition) is 0. The van der Waals surface area contributed by atoms with Gasteiger partial charge in [0.25, 0.3) is 0 Å². The van der Waals surface area contributed by atoms with E-state index in [0.29, 0.717) is 13.2 Å². The average molecular weight is 417 g/mol. The molecule has 1 fully saturated rings. The molecule has 0 spiro atoms. The summed E-state index contributed by atoms with van der Waals surface area (Å²) < 4.78 is 12.2. The third-order valence-corrected chi connectivity index (χ3v) is 9.44. The van der Waals surface area contributed by atoms with Gasteiger partial charge < -0.3 is 0 Å². The zero-order valence-corrected chi connectivity index (χ0v) is 16.6. The minimum absolute atomic E-state index is 0. The van der Waals surface area contributed by atoms with Crippen LogP contribution in [-0.4, -0.2) is 19.2 Å². The van der Waals surface area contributed by atoms with Crippen LogP contribution in [0.3, 0.4) is 0 Å². The molecular formula is C21H22BrO2P. The van der Waals surface area contributed by atoms with Crippen molar-refractivity contribution in [2.24, 2.45) is 0 Å². The molecule has 1 aliphatic rings. The van der Waals surface area contributed by atoms with Crippen molar-refractivity contribution in [3.8, 4) is 0 Å². The molecule has 1 heterocycles. The Balaban J connectivity index is 0.00000182. The molecule has 3 aromatic carbocycles. The van der Waals surface area contributed by atoms with E-state index in [-0.39, 0.29) is 23.0 Å². The molecule has 2 nitrogen and oxygen atoms in total. The Morgan fingerprint density at radius 3 is 1.20 bits per heavy atom. The summed E-state index contributed by atoms with van der Waals surface area (Å²) in [6, 6.07) is 32.0. The van der Waals surface area contributed by atoms with Gasteiger partial charge in [-0.3, -0.25) is 0 Å². The molecule has 1 aliphatic heterocycles. The Hall–Kier alpha value is -1.51. The van der Waals surface area contributed by atoms with Crippen LogP contribution in [0.4, 0.5) is 0 Å². The number of rotatable bonds is 4. The molecule has 0 aliphatic carbocycles. The molecule has 4 heteroatoms. The molecule has 3 aromatic rings. The van der Waals surface area contributed by atoms with Crippen molar-refractivity contribution in [2.45, 2.75) is 6.03 Å². The van der Waals surface area contributed by atoms with E-state index in [2.05, 4.69) is 91.0 Å². The van der Waals surface area contributed by atoms with Gasteiger partial charge in [-0.25, -0.2) is 0 Å². The summed E-state index contributed by atoms with van der Waals surface area (Å²) in [5.74, 6) is 0. The average Bonchev–Trinajstić information content (AvgIpc) is 3.20. The summed E-state index contributed by atoms with van der Waals surface area (Å²) in [5.41, 5.74) is 0. The standard InChI is InChI=1S/C21H21O2P.BrH/c1-4-10-18(11-5-1)24(21-22-16-17-23-21,19-12-6-2-7-13-19)20-14-8-3-9-15-20;/h1-15,21,24H,16-17H2;1H. The zero-order valence-electron chi connectivity index (χ0n) is 13.9. The Labute approximate surface area is 159 Å². The van der Waals surface area contributed by atoms with Gasteiger partial charge in [-0.2, -0.15) is 0 Å². The second-order valence-corrected chi connectivity index (χ2v) is 9.80. The topological polar surface area (TPSA) is 18.5 Å². The number of benzene rings is 3. The van der Waals surface area contributed by atoms with Crippen molar-refractivity contribution < 1.29 is 9.47 Å². The number of ether oxygens (including phenoxy) is 2. The van der Waals surface area contributed by atoms with Gasteiger partial charge in [0.15, 0.2) is 0 Å². The van der Waals surface area contributed by atoms with Crippen LogP contribution in [0.2, 0.25) is 0 Å². The first-order valence-electron chi connectivity index (χ1n) is 8.32. The normalized spacial score (nSPS) is 15.5. The predicted molar refractivity (Wildman–Crippen MR) is 113 cm³/mol. The van der Waals surface area contributed by atoms with Gasteiger partial charge >= 0.3 is 143 Å². The van der Waals surface area contributed by atoms with Crippen LogP contribution in [0.25, 0.3) is 0 Å². The van der Waals surface area contributed by atoms with E-state index in [1.807, 2.05) is 0 Å². The Bertz CT molecular complexity index is 678. The fraction of sp³-hybridized carbons (Fsp3) is 0.143. The van der Waals surface area contributed by atoms with Crippen LogP contribution < -0.4 is 15.9 Å². The first-order chi connectivity index (χ1) is 11.9. The van der Waals surface area contributed by atoms with Gasteiger partial charge in [0.1, 0.15) is 0 Å². The molecular weight excluding hydrogens is 395 g/mol. The fourth-order valence-corrected chi connectivity index (χ4v) is 8.33. The van der Waals surface area contributed by atoms with Crippen molar-refractivity contribution in [2.75, 3.05) is 13.2 Å². The third-order valence-electron chi connectivity index (χ3n) is 4.66. The molecule has 0 saturated carbocycles. The molecule has 0 radical (unpaired) electrons. The van der Waals surface area contributed by atoms with Gasteiger partial charge in [-0.15, -0.1) is 17.0 Å². The minimum atomic E-state index is -2.44. The molecule has 130 valence electrons. The van der Waals surface area contributed by atoms with E-state index in [4.69, 9.17) is 9.47 Å².